The molecule has 0 radical (unpaired) electrons. The second-order valence-corrected chi connectivity index (χ2v) is 7.14. The summed E-state index contributed by atoms with van der Waals surface area (Å²) in [6, 6.07) is 15.4. The number of rotatable bonds is 5. The van der Waals surface area contributed by atoms with Gasteiger partial charge < -0.3 is 18.8 Å². The summed E-state index contributed by atoms with van der Waals surface area (Å²) in [6.07, 6.45) is 0. The third-order valence-corrected chi connectivity index (χ3v) is 4.77. The van der Waals surface area contributed by atoms with Gasteiger partial charge in [0.05, 0.1) is 17.8 Å². The van der Waals surface area contributed by atoms with E-state index in [1.807, 2.05) is 83.1 Å². The van der Waals surface area contributed by atoms with Crippen molar-refractivity contribution in [1.29, 1.82) is 0 Å². The molecule has 0 atom stereocenters. The minimum atomic E-state index is -0.461. The molecule has 0 aromatic heterocycles. The van der Waals surface area contributed by atoms with Crippen molar-refractivity contribution in [3.63, 3.8) is 0 Å². The topological polar surface area (TPSA) is 36.9 Å². The minimum absolute atomic E-state index is 0.389. The maximum Gasteiger partial charge on any atom is 0.498 e. The lowest BCUT2D eigenvalue weighted by Gasteiger charge is -2.32. The standard InChI is InChI=1S/C20H25BO4/c1-6-22-18-14-16(23-15-10-8-7-9-11-15)12-13-17(18)21-24-19(2,3)20(4,5)25-21/h7-14H,6H2,1-5H3. The molecule has 1 aliphatic rings. The van der Waals surface area contributed by atoms with Gasteiger partial charge in [0.25, 0.3) is 0 Å². The monoisotopic (exact) mass is 340 g/mol. The van der Waals surface area contributed by atoms with Crippen LogP contribution in [0.4, 0.5) is 0 Å². The quantitative estimate of drug-likeness (QED) is 0.766. The largest absolute Gasteiger partial charge is 0.498 e. The molecule has 3 rings (SSSR count). The highest BCUT2D eigenvalue weighted by atomic mass is 16.7. The lowest BCUT2D eigenvalue weighted by atomic mass is 9.78. The second kappa shape index (κ2) is 6.73. The molecule has 0 unspecified atom stereocenters. The van der Waals surface area contributed by atoms with Crippen LogP contribution in [0.5, 0.6) is 17.2 Å². The molecule has 1 heterocycles. The van der Waals surface area contributed by atoms with Crippen molar-refractivity contribution in [1.82, 2.24) is 0 Å². The number of benzene rings is 2. The average molecular weight is 340 g/mol. The Balaban J connectivity index is 1.88. The van der Waals surface area contributed by atoms with E-state index >= 15 is 0 Å². The van der Waals surface area contributed by atoms with Crippen LogP contribution in [-0.2, 0) is 9.31 Å². The van der Waals surface area contributed by atoms with E-state index < -0.39 is 7.12 Å². The molecule has 1 fully saturated rings. The van der Waals surface area contributed by atoms with Gasteiger partial charge in [-0.1, -0.05) is 24.3 Å². The van der Waals surface area contributed by atoms with Gasteiger partial charge in [0.1, 0.15) is 17.2 Å². The van der Waals surface area contributed by atoms with Gasteiger partial charge >= 0.3 is 7.12 Å². The zero-order valence-electron chi connectivity index (χ0n) is 15.5. The average Bonchev–Trinajstić information content (AvgIpc) is 2.77. The van der Waals surface area contributed by atoms with E-state index in [2.05, 4.69) is 0 Å². The van der Waals surface area contributed by atoms with Gasteiger partial charge in [-0.05, 0) is 52.8 Å². The van der Waals surface area contributed by atoms with E-state index in [0.717, 1.165) is 22.7 Å². The smallest absolute Gasteiger partial charge is 0.494 e. The van der Waals surface area contributed by atoms with E-state index in [0.29, 0.717) is 6.61 Å². The third-order valence-electron chi connectivity index (χ3n) is 4.77. The van der Waals surface area contributed by atoms with Crippen LogP contribution < -0.4 is 14.9 Å². The van der Waals surface area contributed by atoms with Crippen molar-refractivity contribution in [3.05, 3.63) is 48.5 Å². The first-order valence-corrected chi connectivity index (χ1v) is 8.68. The molecular formula is C20H25BO4. The van der Waals surface area contributed by atoms with Crippen molar-refractivity contribution < 1.29 is 18.8 Å². The molecule has 1 saturated heterocycles. The summed E-state index contributed by atoms with van der Waals surface area (Å²) in [4.78, 5) is 0. The Labute approximate surface area is 150 Å². The summed E-state index contributed by atoms with van der Waals surface area (Å²) in [5.41, 5.74) is 0.0988. The van der Waals surface area contributed by atoms with E-state index in [-0.39, 0.29) is 11.2 Å². The van der Waals surface area contributed by atoms with Crippen LogP contribution in [0.25, 0.3) is 0 Å². The number of hydrogen-bond donors (Lipinski definition) is 0. The lowest BCUT2D eigenvalue weighted by Crippen LogP contribution is -2.41. The molecule has 4 nitrogen and oxygen atoms in total. The van der Waals surface area contributed by atoms with E-state index in [4.69, 9.17) is 18.8 Å². The fourth-order valence-electron chi connectivity index (χ4n) is 2.65. The third kappa shape index (κ3) is 3.67. The molecule has 5 heteroatoms. The Kier molecular flexibility index (Phi) is 4.80. The summed E-state index contributed by atoms with van der Waals surface area (Å²) in [6.45, 7) is 10.7. The maximum atomic E-state index is 6.15. The first-order chi connectivity index (χ1) is 11.8. The first kappa shape index (κ1) is 17.8. The number of hydrogen-bond acceptors (Lipinski definition) is 4. The normalized spacial score (nSPS) is 18.2. The molecule has 2 aromatic carbocycles. The Bertz CT molecular complexity index is 712. The summed E-state index contributed by atoms with van der Waals surface area (Å²) in [7, 11) is -0.461. The number of para-hydroxylation sites is 1. The van der Waals surface area contributed by atoms with Gasteiger partial charge in [-0.25, -0.2) is 0 Å². The van der Waals surface area contributed by atoms with Gasteiger partial charge in [-0.15, -0.1) is 0 Å². The highest BCUT2D eigenvalue weighted by molar-refractivity contribution is 6.63. The molecule has 1 aliphatic heterocycles. The molecule has 0 amide bonds. The predicted octanol–water partition coefficient (Wildman–Crippen LogP) is 4.18. The fraction of sp³-hybridized carbons (Fsp3) is 0.400. The zero-order valence-corrected chi connectivity index (χ0v) is 15.5. The van der Waals surface area contributed by atoms with Crippen LogP contribution in [-0.4, -0.2) is 24.9 Å². The lowest BCUT2D eigenvalue weighted by molar-refractivity contribution is 0.00578. The van der Waals surface area contributed by atoms with Crippen LogP contribution in [0.2, 0.25) is 0 Å². The van der Waals surface area contributed by atoms with Gasteiger partial charge in [0, 0.05) is 11.5 Å². The molecule has 2 aromatic rings. The molecule has 0 N–H and O–H groups in total. The van der Waals surface area contributed by atoms with Crippen molar-refractivity contribution >= 4 is 12.6 Å². The minimum Gasteiger partial charge on any atom is -0.494 e. The fourth-order valence-corrected chi connectivity index (χ4v) is 2.65. The molecule has 132 valence electrons. The number of ether oxygens (including phenoxy) is 2. The first-order valence-electron chi connectivity index (χ1n) is 8.68. The summed E-state index contributed by atoms with van der Waals surface area (Å²) >= 11 is 0. The van der Waals surface area contributed by atoms with E-state index in [9.17, 15) is 0 Å². The van der Waals surface area contributed by atoms with Crippen LogP contribution in [0, 0.1) is 0 Å². The summed E-state index contributed by atoms with van der Waals surface area (Å²) < 4.78 is 24.0. The summed E-state index contributed by atoms with van der Waals surface area (Å²) in [5.74, 6) is 2.22. The van der Waals surface area contributed by atoms with Gasteiger partial charge in [-0.3, -0.25) is 0 Å². The van der Waals surface area contributed by atoms with E-state index in [1.165, 1.54) is 0 Å². The maximum absolute atomic E-state index is 6.15. The zero-order chi connectivity index (χ0) is 18.1. The van der Waals surface area contributed by atoms with Crippen LogP contribution in [0.3, 0.4) is 0 Å². The highest BCUT2D eigenvalue weighted by Gasteiger charge is 2.52. The van der Waals surface area contributed by atoms with Gasteiger partial charge in [0.2, 0.25) is 0 Å². The molecule has 25 heavy (non-hydrogen) atoms. The Morgan fingerprint density at radius 1 is 0.880 bits per heavy atom. The van der Waals surface area contributed by atoms with Crippen LogP contribution in [0.1, 0.15) is 34.6 Å². The van der Waals surface area contributed by atoms with Crippen molar-refractivity contribution in [2.45, 2.75) is 45.8 Å². The molecule has 0 saturated carbocycles. The van der Waals surface area contributed by atoms with Crippen LogP contribution >= 0.6 is 0 Å². The predicted molar refractivity (Wildman–Crippen MR) is 99.8 cm³/mol. The Morgan fingerprint density at radius 2 is 1.52 bits per heavy atom. The second-order valence-electron chi connectivity index (χ2n) is 7.14. The van der Waals surface area contributed by atoms with Crippen molar-refractivity contribution in [2.24, 2.45) is 0 Å². The van der Waals surface area contributed by atoms with E-state index in [1.54, 1.807) is 0 Å². The SMILES string of the molecule is CCOc1cc(Oc2ccccc2)ccc1B1OC(C)(C)C(C)(C)O1. The summed E-state index contributed by atoms with van der Waals surface area (Å²) in [5, 5.41) is 0. The molecule has 0 spiro atoms. The Hall–Kier alpha value is -1.98. The highest BCUT2D eigenvalue weighted by Crippen LogP contribution is 2.37. The van der Waals surface area contributed by atoms with Gasteiger partial charge in [-0.2, -0.15) is 0 Å². The van der Waals surface area contributed by atoms with Crippen molar-refractivity contribution in [3.8, 4) is 17.2 Å². The Morgan fingerprint density at radius 3 is 2.12 bits per heavy atom. The molecule has 0 bridgehead atoms. The van der Waals surface area contributed by atoms with Crippen molar-refractivity contribution in [2.75, 3.05) is 6.61 Å². The van der Waals surface area contributed by atoms with Gasteiger partial charge in [0.15, 0.2) is 0 Å². The van der Waals surface area contributed by atoms with Crippen LogP contribution in [0.15, 0.2) is 48.5 Å². The molecular weight excluding hydrogens is 315 g/mol. The molecule has 0 aliphatic carbocycles.